The largest absolute Gasteiger partial charge is 0.467 e. The summed E-state index contributed by atoms with van der Waals surface area (Å²) in [6, 6.07) is 0. The molecule has 0 saturated heterocycles. The highest BCUT2D eigenvalue weighted by molar-refractivity contribution is 7.80. The van der Waals surface area contributed by atoms with Crippen LogP contribution in [0.1, 0.15) is 92.9 Å². The molecular weight excluding hydrogens is 362 g/mol. The Bertz CT molecular complexity index is 551. The van der Waals surface area contributed by atoms with Gasteiger partial charge in [0.1, 0.15) is 6.61 Å². The van der Waals surface area contributed by atoms with E-state index in [0.29, 0.717) is 11.8 Å². The van der Waals surface area contributed by atoms with Gasteiger partial charge in [0.05, 0.1) is 0 Å². The number of hydrogen-bond acceptors (Lipinski definition) is 2. The SMILES string of the molecule is CCCCNC(=S)OC/C=C(\C)CC/C=C(\C)CC/C=C(\C)CCC=C(C)C. The van der Waals surface area contributed by atoms with E-state index in [2.05, 4.69) is 71.2 Å². The lowest BCUT2D eigenvalue weighted by Crippen LogP contribution is -2.24. The van der Waals surface area contributed by atoms with E-state index in [-0.39, 0.29) is 0 Å². The predicted molar refractivity (Wildman–Crippen MR) is 130 cm³/mol. The Balaban J connectivity index is 3.97. The van der Waals surface area contributed by atoms with E-state index in [1.54, 1.807) is 0 Å². The van der Waals surface area contributed by atoms with Crippen molar-refractivity contribution >= 4 is 17.4 Å². The van der Waals surface area contributed by atoms with Gasteiger partial charge in [0.25, 0.3) is 5.17 Å². The van der Waals surface area contributed by atoms with Crippen LogP contribution in [0, 0.1) is 0 Å². The fourth-order valence-electron chi connectivity index (χ4n) is 2.67. The molecule has 0 aliphatic carbocycles. The summed E-state index contributed by atoms with van der Waals surface area (Å²) in [4.78, 5) is 0. The Labute approximate surface area is 180 Å². The van der Waals surface area contributed by atoms with Gasteiger partial charge in [-0.3, -0.25) is 0 Å². The second-order valence-corrected chi connectivity index (χ2v) is 8.30. The average molecular weight is 406 g/mol. The van der Waals surface area contributed by atoms with Crippen LogP contribution in [-0.2, 0) is 4.74 Å². The van der Waals surface area contributed by atoms with Crippen LogP contribution in [0.3, 0.4) is 0 Å². The van der Waals surface area contributed by atoms with Gasteiger partial charge in [0.2, 0.25) is 0 Å². The molecule has 0 unspecified atom stereocenters. The van der Waals surface area contributed by atoms with Gasteiger partial charge < -0.3 is 10.1 Å². The number of rotatable bonds is 14. The van der Waals surface area contributed by atoms with Crippen molar-refractivity contribution < 1.29 is 4.74 Å². The number of ether oxygens (including phenoxy) is 1. The van der Waals surface area contributed by atoms with Crippen LogP contribution in [0.4, 0.5) is 0 Å². The molecule has 0 aliphatic heterocycles. The first-order valence-corrected chi connectivity index (χ1v) is 11.3. The Morgan fingerprint density at radius 3 is 1.79 bits per heavy atom. The second kappa shape index (κ2) is 17.7. The fourth-order valence-corrected chi connectivity index (χ4v) is 2.84. The lowest BCUT2D eigenvalue weighted by Gasteiger charge is -2.08. The van der Waals surface area contributed by atoms with Gasteiger partial charge in [-0.2, -0.15) is 0 Å². The molecular formula is C25H43NOS. The standard InChI is InChI=1S/C25H43NOS/c1-7-8-19-26-25(28)27-20-18-24(6)17-11-16-23(5)15-10-14-22(4)13-9-12-21(2)3/h12,14,16,18H,7-11,13,15,17,19-20H2,1-6H3,(H,26,28)/b22-14+,23-16+,24-18+. The van der Waals surface area contributed by atoms with Crippen LogP contribution >= 0.6 is 12.2 Å². The highest BCUT2D eigenvalue weighted by Crippen LogP contribution is 2.13. The summed E-state index contributed by atoms with van der Waals surface area (Å²) in [6.07, 6.45) is 18.3. The van der Waals surface area contributed by atoms with Crippen LogP contribution in [0.5, 0.6) is 0 Å². The van der Waals surface area contributed by atoms with Crippen molar-refractivity contribution in [2.75, 3.05) is 13.2 Å². The second-order valence-electron chi connectivity index (χ2n) is 7.93. The third kappa shape index (κ3) is 18.0. The quantitative estimate of drug-likeness (QED) is 0.181. The molecule has 2 nitrogen and oxygen atoms in total. The molecule has 0 atom stereocenters. The summed E-state index contributed by atoms with van der Waals surface area (Å²) < 4.78 is 5.52. The minimum absolute atomic E-state index is 0.512. The van der Waals surface area contributed by atoms with E-state index in [1.165, 1.54) is 28.7 Å². The van der Waals surface area contributed by atoms with Gasteiger partial charge in [0.15, 0.2) is 0 Å². The molecule has 28 heavy (non-hydrogen) atoms. The maximum atomic E-state index is 5.52. The lowest BCUT2D eigenvalue weighted by molar-refractivity contribution is 0.341. The summed E-state index contributed by atoms with van der Waals surface area (Å²) in [5, 5.41) is 3.63. The van der Waals surface area contributed by atoms with E-state index < -0.39 is 0 Å². The number of allylic oxidation sites excluding steroid dienone is 7. The van der Waals surface area contributed by atoms with Crippen molar-refractivity contribution in [3.8, 4) is 0 Å². The van der Waals surface area contributed by atoms with Crippen LogP contribution in [0.2, 0.25) is 0 Å². The molecule has 0 bridgehead atoms. The maximum absolute atomic E-state index is 5.52. The van der Waals surface area contributed by atoms with Gasteiger partial charge in [-0.05, 0) is 97.9 Å². The normalized spacial score (nSPS) is 12.7. The van der Waals surface area contributed by atoms with E-state index in [0.717, 1.165) is 51.5 Å². The van der Waals surface area contributed by atoms with Gasteiger partial charge in [-0.15, -0.1) is 0 Å². The molecule has 0 rings (SSSR count). The van der Waals surface area contributed by atoms with Crippen molar-refractivity contribution in [2.24, 2.45) is 0 Å². The zero-order valence-corrected chi connectivity index (χ0v) is 20.0. The van der Waals surface area contributed by atoms with Gasteiger partial charge in [-0.1, -0.05) is 53.9 Å². The van der Waals surface area contributed by atoms with Gasteiger partial charge in [-0.25, -0.2) is 0 Å². The van der Waals surface area contributed by atoms with Crippen molar-refractivity contribution in [3.05, 3.63) is 46.6 Å². The molecule has 0 amide bonds. The summed E-state index contributed by atoms with van der Waals surface area (Å²) in [5.74, 6) is 0. The maximum Gasteiger partial charge on any atom is 0.256 e. The first-order valence-electron chi connectivity index (χ1n) is 10.9. The number of nitrogens with one attached hydrogen (secondary N) is 1. The Morgan fingerprint density at radius 2 is 1.29 bits per heavy atom. The van der Waals surface area contributed by atoms with Crippen molar-refractivity contribution in [1.29, 1.82) is 0 Å². The monoisotopic (exact) mass is 405 g/mol. The van der Waals surface area contributed by atoms with Crippen LogP contribution in [0.25, 0.3) is 0 Å². The molecule has 0 spiro atoms. The molecule has 0 aromatic carbocycles. The minimum Gasteiger partial charge on any atom is -0.467 e. The lowest BCUT2D eigenvalue weighted by atomic mass is 10.0. The molecule has 0 aliphatic rings. The fraction of sp³-hybridized carbons (Fsp3) is 0.640. The van der Waals surface area contributed by atoms with E-state index in [9.17, 15) is 0 Å². The Morgan fingerprint density at radius 1 is 0.786 bits per heavy atom. The highest BCUT2D eigenvalue weighted by Gasteiger charge is 1.96. The van der Waals surface area contributed by atoms with Crippen LogP contribution in [0.15, 0.2) is 46.6 Å². The number of thiocarbonyl (C=S) groups is 1. The topological polar surface area (TPSA) is 21.3 Å². The zero-order valence-electron chi connectivity index (χ0n) is 19.2. The molecule has 3 heteroatoms. The molecule has 0 radical (unpaired) electrons. The zero-order chi connectivity index (χ0) is 21.2. The molecule has 0 fully saturated rings. The van der Waals surface area contributed by atoms with Crippen molar-refractivity contribution in [1.82, 2.24) is 5.32 Å². The summed E-state index contributed by atoms with van der Waals surface area (Å²) in [6.45, 7) is 14.6. The van der Waals surface area contributed by atoms with Gasteiger partial charge in [0, 0.05) is 6.54 Å². The first-order chi connectivity index (χ1) is 13.3. The smallest absolute Gasteiger partial charge is 0.256 e. The molecule has 1 N–H and O–H groups in total. The minimum atomic E-state index is 0.512. The molecule has 0 aromatic rings. The van der Waals surface area contributed by atoms with Crippen LogP contribution < -0.4 is 5.32 Å². The molecule has 0 saturated carbocycles. The number of hydrogen-bond donors (Lipinski definition) is 1. The highest BCUT2D eigenvalue weighted by atomic mass is 32.1. The third-order valence-corrected chi connectivity index (χ3v) is 4.86. The summed E-state index contributed by atoms with van der Waals surface area (Å²) in [7, 11) is 0. The summed E-state index contributed by atoms with van der Waals surface area (Å²) in [5.41, 5.74) is 5.76. The van der Waals surface area contributed by atoms with Crippen molar-refractivity contribution in [2.45, 2.75) is 92.9 Å². The average Bonchev–Trinajstić information content (AvgIpc) is 2.61. The van der Waals surface area contributed by atoms with Crippen LogP contribution in [-0.4, -0.2) is 18.3 Å². The third-order valence-electron chi connectivity index (χ3n) is 4.60. The van der Waals surface area contributed by atoms with E-state index in [4.69, 9.17) is 17.0 Å². The summed E-state index contributed by atoms with van der Waals surface area (Å²) >= 11 is 5.15. The van der Waals surface area contributed by atoms with Crippen molar-refractivity contribution in [3.63, 3.8) is 0 Å². The van der Waals surface area contributed by atoms with E-state index in [1.807, 2.05) is 0 Å². The molecule has 0 aromatic heterocycles. The van der Waals surface area contributed by atoms with E-state index >= 15 is 0 Å². The Kier molecular flexibility index (Phi) is 16.9. The molecule has 0 heterocycles. The predicted octanol–water partition coefficient (Wildman–Crippen LogP) is 7.82. The molecule has 160 valence electrons. The number of unbranched alkanes of at least 4 members (excludes halogenated alkanes) is 1. The Hall–Kier alpha value is -1.35. The first kappa shape index (κ1) is 26.6. The van der Waals surface area contributed by atoms with Gasteiger partial charge >= 0.3 is 0 Å².